The van der Waals surface area contributed by atoms with Crippen molar-refractivity contribution in [1.82, 2.24) is 33.8 Å². The molecule has 12 nitrogen and oxygen atoms in total. The zero-order chi connectivity index (χ0) is 27.2. The summed E-state index contributed by atoms with van der Waals surface area (Å²) in [5.41, 5.74) is 1.29. The van der Waals surface area contributed by atoms with Gasteiger partial charge < -0.3 is 5.32 Å². The third-order valence-electron chi connectivity index (χ3n) is 5.67. The third kappa shape index (κ3) is 4.58. The molecule has 0 bridgehead atoms. The van der Waals surface area contributed by atoms with Gasteiger partial charge in [-0.1, -0.05) is 11.6 Å². The lowest BCUT2D eigenvalue weighted by atomic mass is 10.2. The first kappa shape index (κ1) is 25.3. The van der Waals surface area contributed by atoms with Gasteiger partial charge in [-0.15, -0.1) is 0 Å². The molecule has 2 aromatic carbocycles. The second kappa shape index (κ2) is 9.52. The number of sulfonamides is 1. The maximum absolute atomic E-state index is 13.0. The van der Waals surface area contributed by atoms with Gasteiger partial charge in [-0.2, -0.15) is 19.9 Å². The highest BCUT2D eigenvalue weighted by Gasteiger charge is 2.20. The van der Waals surface area contributed by atoms with Crippen LogP contribution in [0.3, 0.4) is 0 Å². The standard InChI is InChI=1S/C24H21ClN8O4S/c1-14-12-20(27-22(34)15-4-10-18(11-5-15)38(36,37)31(2)3)33(30-14)24-28-21-19(23(35)29-24)13-26-32(21)17-8-6-16(25)7-9-17/h4-13H,1-3H3,(H,27,34)(H,28,29,35). The summed E-state index contributed by atoms with van der Waals surface area (Å²) in [5.74, 6) is -0.193. The third-order valence-corrected chi connectivity index (χ3v) is 7.75. The molecular formula is C24H21ClN8O4S. The molecule has 3 heterocycles. The van der Waals surface area contributed by atoms with Crippen LogP contribution in [0.1, 0.15) is 16.1 Å². The molecule has 0 unspecified atom stereocenters. The Balaban J connectivity index is 1.50. The van der Waals surface area contributed by atoms with Gasteiger partial charge in [0.05, 0.1) is 22.5 Å². The molecule has 0 fully saturated rings. The van der Waals surface area contributed by atoms with Crippen LogP contribution < -0.4 is 10.9 Å². The van der Waals surface area contributed by atoms with Crippen molar-refractivity contribution in [2.24, 2.45) is 0 Å². The first-order chi connectivity index (χ1) is 18.0. The van der Waals surface area contributed by atoms with E-state index in [9.17, 15) is 18.0 Å². The number of aryl methyl sites for hydroxylation is 1. The number of fused-ring (bicyclic) bond motifs is 1. The van der Waals surface area contributed by atoms with Gasteiger partial charge in [0, 0.05) is 30.7 Å². The molecule has 0 radical (unpaired) electrons. The minimum atomic E-state index is -3.63. The van der Waals surface area contributed by atoms with Crippen LogP contribution in [-0.2, 0) is 10.0 Å². The highest BCUT2D eigenvalue weighted by atomic mass is 35.5. The van der Waals surface area contributed by atoms with Crippen molar-refractivity contribution in [3.05, 3.63) is 87.4 Å². The number of nitrogens with one attached hydrogen (secondary N) is 2. The summed E-state index contributed by atoms with van der Waals surface area (Å²) in [5, 5.41) is 12.2. The second-order valence-electron chi connectivity index (χ2n) is 8.51. The van der Waals surface area contributed by atoms with Crippen LogP contribution >= 0.6 is 11.6 Å². The molecule has 0 saturated carbocycles. The number of hydrogen-bond acceptors (Lipinski definition) is 7. The molecule has 0 spiro atoms. The fourth-order valence-corrected chi connectivity index (χ4v) is 4.73. The number of benzene rings is 2. The predicted octanol–water partition coefficient (Wildman–Crippen LogP) is 2.76. The summed E-state index contributed by atoms with van der Waals surface area (Å²) in [7, 11) is -0.773. The van der Waals surface area contributed by atoms with Crippen molar-refractivity contribution in [3.63, 3.8) is 0 Å². The molecule has 0 atom stereocenters. The highest BCUT2D eigenvalue weighted by Crippen LogP contribution is 2.20. The van der Waals surface area contributed by atoms with Crippen molar-refractivity contribution in [2.75, 3.05) is 19.4 Å². The summed E-state index contributed by atoms with van der Waals surface area (Å²) in [6, 6.07) is 14.0. The van der Waals surface area contributed by atoms with Gasteiger partial charge in [-0.25, -0.2) is 17.4 Å². The molecule has 0 aliphatic carbocycles. The Morgan fingerprint density at radius 3 is 2.39 bits per heavy atom. The van der Waals surface area contributed by atoms with E-state index in [1.54, 1.807) is 37.3 Å². The molecule has 14 heteroatoms. The molecular weight excluding hydrogens is 532 g/mol. The van der Waals surface area contributed by atoms with Crippen molar-refractivity contribution >= 4 is 44.4 Å². The van der Waals surface area contributed by atoms with E-state index in [0.717, 1.165) is 4.31 Å². The number of aromatic amines is 1. The van der Waals surface area contributed by atoms with Crippen LogP contribution in [0.2, 0.25) is 5.02 Å². The largest absolute Gasteiger partial charge is 0.306 e. The number of aromatic nitrogens is 6. The van der Waals surface area contributed by atoms with Gasteiger partial charge in [-0.3, -0.25) is 14.6 Å². The quantitative estimate of drug-likeness (QED) is 0.329. The number of nitrogens with zero attached hydrogens (tertiary/aromatic N) is 6. The number of anilines is 1. The van der Waals surface area contributed by atoms with Crippen LogP contribution in [0, 0.1) is 6.92 Å². The minimum absolute atomic E-state index is 0.0623. The van der Waals surface area contributed by atoms with Gasteiger partial charge >= 0.3 is 0 Å². The van der Waals surface area contributed by atoms with Gasteiger partial charge in [0.2, 0.25) is 16.0 Å². The van der Waals surface area contributed by atoms with Crippen LogP contribution in [0.4, 0.5) is 5.82 Å². The highest BCUT2D eigenvalue weighted by molar-refractivity contribution is 7.89. The van der Waals surface area contributed by atoms with E-state index in [4.69, 9.17) is 11.6 Å². The van der Waals surface area contributed by atoms with Crippen LogP contribution in [0.15, 0.2) is 70.5 Å². The summed E-state index contributed by atoms with van der Waals surface area (Å²) >= 11 is 5.99. The van der Waals surface area contributed by atoms with Gasteiger partial charge in [0.1, 0.15) is 11.2 Å². The number of halogens is 1. The fourth-order valence-electron chi connectivity index (χ4n) is 3.71. The molecule has 3 aromatic heterocycles. The first-order valence-corrected chi connectivity index (χ1v) is 13.0. The predicted molar refractivity (Wildman–Crippen MR) is 142 cm³/mol. The summed E-state index contributed by atoms with van der Waals surface area (Å²) in [4.78, 5) is 33.1. The molecule has 5 aromatic rings. The number of carbonyl (C=O) groups is 1. The molecule has 38 heavy (non-hydrogen) atoms. The Morgan fingerprint density at radius 1 is 1.05 bits per heavy atom. The van der Waals surface area contributed by atoms with E-state index in [1.165, 1.54) is 53.9 Å². The first-order valence-electron chi connectivity index (χ1n) is 11.2. The zero-order valence-electron chi connectivity index (χ0n) is 20.4. The molecule has 5 rings (SSSR count). The maximum Gasteiger partial charge on any atom is 0.263 e. The van der Waals surface area contributed by atoms with E-state index in [2.05, 4.69) is 25.5 Å². The Kier molecular flexibility index (Phi) is 6.34. The molecule has 0 saturated heterocycles. The van der Waals surface area contributed by atoms with Crippen molar-refractivity contribution in [2.45, 2.75) is 11.8 Å². The molecule has 194 valence electrons. The van der Waals surface area contributed by atoms with Gasteiger partial charge in [0.15, 0.2) is 5.65 Å². The van der Waals surface area contributed by atoms with Crippen LogP contribution in [0.25, 0.3) is 22.7 Å². The van der Waals surface area contributed by atoms with Crippen molar-refractivity contribution in [1.29, 1.82) is 0 Å². The maximum atomic E-state index is 13.0. The molecule has 0 aliphatic rings. The smallest absolute Gasteiger partial charge is 0.263 e. The van der Waals surface area contributed by atoms with E-state index < -0.39 is 21.5 Å². The molecule has 1 amide bonds. The lowest BCUT2D eigenvalue weighted by molar-refractivity contribution is 0.102. The SMILES string of the molecule is Cc1cc(NC(=O)c2ccc(S(=O)(=O)N(C)C)cc2)n(-c2nc3c(cnn3-c3ccc(Cl)cc3)c(=O)[nH]2)n1. The van der Waals surface area contributed by atoms with Gasteiger partial charge in [0.25, 0.3) is 11.5 Å². The lowest BCUT2D eigenvalue weighted by Gasteiger charge is -2.12. The number of amides is 1. The summed E-state index contributed by atoms with van der Waals surface area (Å²) in [6.07, 6.45) is 1.41. The Hall–Kier alpha value is -4.33. The lowest BCUT2D eigenvalue weighted by Crippen LogP contribution is -2.22. The minimum Gasteiger partial charge on any atom is -0.306 e. The average molecular weight is 553 g/mol. The van der Waals surface area contributed by atoms with Crippen molar-refractivity contribution < 1.29 is 13.2 Å². The van der Waals surface area contributed by atoms with Crippen LogP contribution in [0.5, 0.6) is 0 Å². The Bertz CT molecular complexity index is 1840. The van der Waals surface area contributed by atoms with E-state index in [1.807, 2.05) is 0 Å². The number of rotatable bonds is 6. The number of hydrogen-bond donors (Lipinski definition) is 2. The Labute approximate surface area is 221 Å². The molecule has 2 N–H and O–H groups in total. The van der Waals surface area contributed by atoms with E-state index in [-0.39, 0.29) is 33.3 Å². The summed E-state index contributed by atoms with van der Waals surface area (Å²) in [6.45, 7) is 1.72. The normalized spacial score (nSPS) is 11.8. The second-order valence-corrected chi connectivity index (χ2v) is 11.1. The van der Waals surface area contributed by atoms with E-state index in [0.29, 0.717) is 16.4 Å². The van der Waals surface area contributed by atoms with Crippen molar-refractivity contribution in [3.8, 4) is 11.6 Å². The number of carbonyl (C=O) groups excluding carboxylic acids is 1. The van der Waals surface area contributed by atoms with E-state index >= 15 is 0 Å². The number of H-pyrrole nitrogens is 1. The zero-order valence-corrected chi connectivity index (χ0v) is 21.9. The molecule has 0 aliphatic heterocycles. The van der Waals surface area contributed by atoms with Crippen LogP contribution in [-0.4, -0.2) is 62.3 Å². The monoisotopic (exact) mass is 552 g/mol. The topological polar surface area (TPSA) is 148 Å². The Morgan fingerprint density at radius 2 is 1.74 bits per heavy atom. The average Bonchev–Trinajstić information content (AvgIpc) is 3.48. The summed E-state index contributed by atoms with van der Waals surface area (Å²) < 4.78 is 28.5. The van der Waals surface area contributed by atoms with Gasteiger partial charge in [-0.05, 0) is 55.5 Å². The fraction of sp³-hybridized carbons (Fsp3) is 0.125.